The van der Waals surface area contributed by atoms with Crippen molar-refractivity contribution in [3.05, 3.63) is 34.3 Å². The van der Waals surface area contributed by atoms with Gasteiger partial charge in [0.05, 0.1) is 36.6 Å². The van der Waals surface area contributed by atoms with Crippen LogP contribution in [0.15, 0.2) is 18.2 Å². The van der Waals surface area contributed by atoms with Gasteiger partial charge >= 0.3 is 6.18 Å². The van der Waals surface area contributed by atoms with Gasteiger partial charge in [-0.05, 0) is 106 Å². The van der Waals surface area contributed by atoms with E-state index in [1.807, 2.05) is 20.8 Å². The molecule has 12 amide bonds. The lowest BCUT2D eigenvalue weighted by Crippen LogP contribution is -2.65. The summed E-state index contributed by atoms with van der Waals surface area (Å²) >= 11 is 6.14. The third kappa shape index (κ3) is 19.9. The molecule has 5 aliphatic rings. The van der Waals surface area contributed by atoms with Crippen LogP contribution in [0, 0.1) is 23.7 Å². The Morgan fingerprint density at radius 3 is 1.85 bits per heavy atom. The van der Waals surface area contributed by atoms with Crippen molar-refractivity contribution < 1.29 is 70.7 Å². The van der Waals surface area contributed by atoms with Crippen molar-refractivity contribution in [3.8, 4) is 0 Å². The SMILES string of the molecule is CC[C@H](C)[C@@H]1NC(=O)[C@H](CC(C)C)N(C)C(=O)C[C@@H](C(=O)N(C)C)N(C)C(=O)[C@H](C2CCCC2)N(C)C(=O)C2(CCCC2)NC(=O)[C@@H]2CCCN2C(=O)[C@H](CCc2ccc(C(F)(F)F)c(Cl)c2)NC(=O)CN(C)C(=O)[C@H](CC2CCCCC2)N(C)C(=O)CN(C)C(=O)CN(C)C1=O. The summed E-state index contributed by atoms with van der Waals surface area (Å²) in [6, 6.07) is -5.60. The summed E-state index contributed by atoms with van der Waals surface area (Å²) in [6.07, 6.45) is 3.83. The molecule has 3 N–H and O–H groups in total. The van der Waals surface area contributed by atoms with E-state index in [0.717, 1.165) is 71.8 Å². The zero-order valence-corrected chi connectivity index (χ0v) is 60.0. The first kappa shape index (κ1) is 78.9. The maximum Gasteiger partial charge on any atom is 0.417 e. The number of carbonyl (C=O) groups excluding carboxylic acids is 12. The minimum absolute atomic E-state index is 0.0191. The van der Waals surface area contributed by atoms with Crippen molar-refractivity contribution in [1.82, 2.24) is 60.0 Å². The van der Waals surface area contributed by atoms with Gasteiger partial charge in [-0.3, -0.25) is 57.5 Å². The third-order valence-corrected chi connectivity index (χ3v) is 21.2. The molecule has 2 saturated heterocycles. The lowest BCUT2D eigenvalue weighted by Gasteiger charge is -2.42. The first-order chi connectivity index (χ1) is 45.5. The number of hydrogen-bond acceptors (Lipinski definition) is 12. The Kier molecular flexibility index (Phi) is 28.2. The predicted molar refractivity (Wildman–Crippen MR) is 357 cm³/mol. The monoisotopic (exact) mass is 1390 g/mol. The molecular formula is C69H106ClF3N12O12. The molecule has 5 fully saturated rings. The fraction of sp³-hybridized carbons (Fsp3) is 0.739. The molecule has 97 heavy (non-hydrogen) atoms. The van der Waals surface area contributed by atoms with E-state index in [0.29, 0.717) is 44.1 Å². The Morgan fingerprint density at radius 2 is 1.26 bits per heavy atom. The average molecular weight is 1390 g/mol. The first-order valence-electron chi connectivity index (χ1n) is 34.6. The highest BCUT2D eigenvalue weighted by atomic mass is 35.5. The quantitative estimate of drug-likeness (QED) is 0.261. The summed E-state index contributed by atoms with van der Waals surface area (Å²) in [5.74, 6) is -8.99. The third-order valence-electron chi connectivity index (χ3n) is 20.9. The molecule has 1 aromatic carbocycles. The maximum atomic E-state index is 15.5. The van der Waals surface area contributed by atoms with Gasteiger partial charge in [0.25, 0.3) is 0 Å². The smallest absolute Gasteiger partial charge is 0.347 e. The van der Waals surface area contributed by atoms with Gasteiger partial charge < -0.3 is 60.0 Å². The maximum absolute atomic E-state index is 15.5. The van der Waals surface area contributed by atoms with E-state index in [4.69, 9.17) is 11.6 Å². The number of carbonyl (C=O) groups is 12. The van der Waals surface area contributed by atoms with Crippen LogP contribution in [-0.2, 0) is 70.1 Å². The van der Waals surface area contributed by atoms with Crippen LogP contribution in [0.2, 0.25) is 5.02 Å². The van der Waals surface area contributed by atoms with Gasteiger partial charge in [0.2, 0.25) is 70.9 Å². The van der Waals surface area contributed by atoms with Crippen LogP contribution >= 0.6 is 11.6 Å². The van der Waals surface area contributed by atoms with Crippen molar-refractivity contribution >= 4 is 82.5 Å². The van der Waals surface area contributed by atoms with Crippen LogP contribution in [-0.4, -0.2) is 252 Å². The van der Waals surface area contributed by atoms with Gasteiger partial charge in [0.15, 0.2) is 0 Å². The molecule has 24 nitrogen and oxygen atoms in total. The van der Waals surface area contributed by atoms with Crippen molar-refractivity contribution in [1.29, 1.82) is 0 Å². The van der Waals surface area contributed by atoms with Crippen molar-refractivity contribution in [2.24, 2.45) is 23.7 Å². The van der Waals surface area contributed by atoms with Gasteiger partial charge in [-0.15, -0.1) is 0 Å². The Labute approximate surface area is 575 Å². The minimum Gasteiger partial charge on any atom is -0.347 e. The molecule has 3 aliphatic carbocycles. The lowest BCUT2D eigenvalue weighted by molar-refractivity contribution is -0.156. The molecule has 0 aromatic heterocycles. The highest BCUT2D eigenvalue weighted by Gasteiger charge is 2.51. The average Bonchev–Trinajstić information content (AvgIpc) is 1.68. The number of alkyl halides is 3. The standard InChI is InChI=1S/C69H106ClF3N12O12/c1-14-43(4)58-65(95)80(9)40-56(88)78(7)41-57(89)82(11)52(37-44-23-16-15-17-24-44)64(94)79(8)39-54(86)74-49(31-29-45-28-30-47(48(70)36-45)69(71,72)73)62(92)85-34-22-27-50(85)61(91)76-68(32-20-21-33-68)67(97)84(13)59(46-25-18-19-26-46)66(96)83(12)53(63(93)77(5)6)38-55(87)81(10)51(35-42(2)3)60(90)75-58/h28,30,36,42-44,46,49-53,58-59H,14-27,29,31-35,37-41H2,1-13H3,(H,74,86)(H,75,90)(H,76,91)/t43-,49-,50-,51-,52-,53-,58-,59-/m0/s1. The van der Waals surface area contributed by atoms with E-state index >= 15 is 19.2 Å². The molecular weight excluding hydrogens is 1280 g/mol. The largest absolute Gasteiger partial charge is 0.417 e. The van der Waals surface area contributed by atoms with E-state index < -0.39 is 173 Å². The molecule has 2 heterocycles. The van der Waals surface area contributed by atoms with Crippen LogP contribution in [0.5, 0.6) is 0 Å². The molecule has 542 valence electrons. The van der Waals surface area contributed by atoms with Crippen LogP contribution in [0.4, 0.5) is 13.2 Å². The summed E-state index contributed by atoms with van der Waals surface area (Å²) in [5, 5.41) is 8.10. The number of nitrogens with one attached hydrogen (secondary N) is 3. The normalized spacial score (nSPS) is 26.3. The number of likely N-dealkylation sites (N-methyl/N-ethyl adjacent to an activating group) is 8. The van der Waals surface area contributed by atoms with Gasteiger partial charge in [-0.25, -0.2) is 0 Å². The number of rotatable bonds is 11. The van der Waals surface area contributed by atoms with E-state index in [2.05, 4.69) is 16.0 Å². The molecule has 2 aliphatic heterocycles. The number of aryl methyl sites for hydroxylation is 1. The summed E-state index contributed by atoms with van der Waals surface area (Å²) in [7, 11) is 12.8. The van der Waals surface area contributed by atoms with E-state index in [1.165, 1.54) is 98.9 Å². The highest BCUT2D eigenvalue weighted by molar-refractivity contribution is 6.31. The molecule has 3 saturated carbocycles. The van der Waals surface area contributed by atoms with Crippen LogP contribution < -0.4 is 16.0 Å². The summed E-state index contributed by atoms with van der Waals surface area (Å²) < 4.78 is 41.5. The first-order valence-corrected chi connectivity index (χ1v) is 35.0. The fourth-order valence-electron chi connectivity index (χ4n) is 14.6. The van der Waals surface area contributed by atoms with Crippen molar-refractivity contribution in [2.75, 3.05) is 89.6 Å². The fourth-order valence-corrected chi connectivity index (χ4v) is 15.0. The minimum atomic E-state index is -4.76. The van der Waals surface area contributed by atoms with Crippen LogP contribution in [0.3, 0.4) is 0 Å². The number of amides is 12. The second-order valence-electron chi connectivity index (χ2n) is 28.7. The van der Waals surface area contributed by atoms with Gasteiger partial charge in [0.1, 0.15) is 47.8 Å². The summed E-state index contributed by atoms with van der Waals surface area (Å²) in [4.78, 5) is 188. The molecule has 0 bridgehead atoms. The molecule has 6 rings (SSSR count). The number of halogens is 4. The second kappa shape index (κ2) is 34.6. The van der Waals surface area contributed by atoms with E-state index in [1.54, 1.807) is 6.92 Å². The molecule has 0 unspecified atom stereocenters. The summed E-state index contributed by atoms with van der Waals surface area (Å²) in [5.41, 5.74) is -2.34. The zero-order valence-electron chi connectivity index (χ0n) is 59.2. The number of hydrogen-bond donors (Lipinski definition) is 3. The zero-order chi connectivity index (χ0) is 72.1. The Bertz CT molecular complexity index is 3030. The molecule has 28 heteroatoms. The molecule has 0 radical (unpaired) electrons. The van der Waals surface area contributed by atoms with Gasteiger partial charge in [-0.2, -0.15) is 13.2 Å². The lowest BCUT2D eigenvalue weighted by atomic mass is 9.84. The molecule has 1 aromatic rings. The van der Waals surface area contributed by atoms with Crippen LogP contribution in [0.1, 0.15) is 167 Å². The Hall–Kier alpha value is -7.06. The van der Waals surface area contributed by atoms with Crippen molar-refractivity contribution in [3.63, 3.8) is 0 Å². The van der Waals surface area contributed by atoms with Crippen LogP contribution in [0.25, 0.3) is 0 Å². The molecule has 1 spiro atoms. The van der Waals surface area contributed by atoms with Crippen molar-refractivity contribution in [2.45, 2.75) is 217 Å². The number of nitrogens with zero attached hydrogens (tertiary/aromatic N) is 9. The second-order valence-corrected chi connectivity index (χ2v) is 29.1. The predicted octanol–water partition coefficient (Wildman–Crippen LogP) is 5.11. The van der Waals surface area contributed by atoms with E-state index in [9.17, 15) is 51.5 Å². The molecule has 8 atom stereocenters. The number of benzene rings is 1. The highest BCUT2D eigenvalue weighted by Crippen LogP contribution is 2.39. The Morgan fingerprint density at radius 1 is 0.660 bits per heavy atom. The number of fused-ring (bicyclic) bond motifs is 1. The van der Waals surface area contributed by atoms with Gasteiger partial charge in [0, 0.05) is 70.0 Å². The van der Waals surface area contributed by atoms with Gasteiger partial charge in [-0.1, -0.05) is 110 Å². The summed E-state index contributed by atoms with van der Waals surface area (Å²) in [6.45, 7) is 5.63. The van der Waals surface area contributed by atoms with E-state index in [-0.39, 0.29) is 63.3 Å². The Balaban J connectivity index is 1.42. The topological polar surface area (TPSA) is 270 Å².